The van der Waals surface area contributed by atoms with Crippen molar-refractivity contribution in [3.05, 3.63) is 33.8 Å². The van der Waals surface area contributed by atoms with Crippen LogP contribution in [0.3, 0.4) is 0 Å². The van der Waals surface area contributed by atoms with Crippen molar-refractivity contribution < 1.29 is 14.6 Å². The molecule has 4 nitrogen and oxygen atoms in total. The molecule has 100 valence electrons. The summed E-state index contributed by atoms with van der Waals surface area (Å²) in [6.45, 7) is 3.59. The second-order valence-corrected chi connectivity index (χ2v) is 5.10. The first-order valence-electron chi connectivity index (χ1n) is 5.42. The number of benzene rings is 1. The largest absolute Gasteiger partial charge is 0.439 e. The van der Waals surface area contributed by atoms with Gasteiger partial charge in [0.15, 0.2) is 6.10 Å². The van der Waals surface area contributed by atoms with Crippen molar-refractivity contribution >= 4 is 29.3 Å². The predicted octanol–water partition coefficient (Wildman–Crippen LogP) is 3.15. The predicted molar refractivity (Wildman–Crippen MR) is 70.7 cm³/mol. The molecule has 0 saturated heterocycles. The average Bonchev–Trinajstić information content (AvgIpc) is 2.25. The highest BCUT2D eigenvalue weighted by Gasteiger charge is 2.28. The molecular weight excluding hydrogens is 277 g/mol. The Morgan fingerprint density at radius 1 is 1.39 bits per heavy atom. The van der Waals surface area contributed by atoms with Gasteiger partial charge in [0.1, 0.15) is 0 Å². The Morgan fingerprint density at radius 2 is 2.00 bits per heavy atom. The lowest BCUT2D eigenvalue weighted by Crippen LogP contribution is -2.30. The SMILES string of the molecule is CC(C)[C@@H](O)[C@H](OC(N)=O)c1ccc(Cl)cc1Cl. The van der Waals surface area contributed by atoms with Gasteiger partial charge < -0.3 is 15.6 Å². The van der Waals surface area contributed by atoms with E-state index in [4.69, 9.17) is 33.7 Å². The van der Waals surface area contributed by atoms with Crippen molar-refractivity contribution in [2.45, 2.75) is 26.1 Å². The van der Waals surface area contributed by atoms with Crippen LogP contribution in [0.1, 0.15) is 25.5 Å². The summed E-state index contributed by atoms with van der Waals surface area (Å²) in [5.41, 5.74) is 5.48. The van der Waals surface area contributed by atoms with Crippen LogP contribution in [0, 0.1) is 5.92 Å². The zero-order chi connectivity index (χ0) is 13.9. The molecule has 6 heteroatoms. The van der Waals surface area contributed by atoms with Crippen molar-refractivity contribution in [3.63, 3.8) is 0 Å². The second-order valence-electron chi connectivity index (χ2n) is 4.26. The number of ether oxygens (including phenoxy) is 1. The van der Waals surface area contributed by atoms with Gasteiger partial charge >= 0.3 is 6.09 Å². The minimum Gasteiger partial charge on any atom is -0.439 e. The number of aliphatic hydroxyl groups excluding tert-OH is 1. The Hall–Kier alpha value is -0.970. The van der Waals surface area contributed by atoms with Gasteiger partial charge in [0, 0.05) is 15.6 Å². The Kier molecular flexibility index (Phi) is 5.26. The van der Waals surface area contributed by atoms with Gasteiger partial charge in [0.25, 0.3) is 0 Å². The summed E-state index contributed by atoms with van der Waals surface area (Å²) >= 11 is 11.8. The fraction of sp³-hybridized carbons (Fsp3) is 0.417. The van der Waals surface area contributed by atoms with E-state index >= 15 is 0 Å². The first-order chi connectivity index (χ1) is 8.32. The molecule has 18 heavy (non-hydrogen) atoms. The number of rotatable bonds is 4. The van der Waals surface area contributed by atoms with Crippen molar-refractivity contribution in [1.82, 2.24) is 0 Å². The number of carbonyl (C=O) groups is 1. The normalized spacial score (nSPS) is 14.3. The summed E-state index contributed by atoms with van der Waals surface area (Å²) in [6, 6.07) is 4.72. The zero-order valence-corrected chi connectivity index (χ0v) is 11.6. The number of aliphatic hydroxyl groups is 1. The lowest BCUT2D eigenvalue weighted by atomic mass is 9.96. The molecule has 0 aliphatic heterocycles. The van der Waals surface area contributed by atoms with Gasteiger partial charge in [-0.2, -0.15) is 0 Å². The lowest BCUT2D eigenvalue weighted by molar-refractivity contribution is -0.0184. The quantitative estimate of drug-likeness (QED) is 0.895. The van der Waals surface area contributed by atoms with Gasteiger partial charge in [-0.1, -0.05) is 43.1 Å². The van der Waals surface area contributed by atoms with E-state index in [1.165, 1.54) is 6.07 Å². The highest BCUT2D eigenvalue weighted by Crippen LogP contribution is 2.32. The van der Waals surface area contributed by atoms with Crippen LogP contribution < -0.4 is 5.73 Å². The fourth-order valence-corrected chi connectivity index (χ4v) is 2.04. The minimum atomic E-state index is -0.967. The van der Waals surface area contributed by atoms with Gasteiger partial charge in [-0.25, -0.2) is 4.79 Å². The molecule has 0 fully saturated rings. The van der Waals surface area contributed by atoms with Gasteiger partial charge in [-0.15, -0.1) is 0 Å². The summed E-state index contributed by atoms with van der Waals surface area (Å²) in [5.74, 6) is -0.124. The number of hydrogen-bond donors (Lipinski definition) is 2. The smallest absolute Gasteiger partial charge is 0.405 e. The van der Waals surface area contributed by atoms with E-state index in [-0.39, 0.29) is 5.92 Å². The van der Waals surface area contributed by atoms with E-state index in [0.29, 0.717) is 15.6 Å². The molecule has 0 bridgehead atoms. The van der Waals surface area contributed by atoms with Crippen LogP contribution >= 0.6 is 23.2 Å². The first kappa shape index (κ1) is 15.1. The van der Waals surface area contributed by atoms with Crippen LogP contribution in [0.15, 0.2) is 18.2 Å². The maximum absolute atomic E-state index is 10.9. The molecule has 1 aromatic carbocycles. The molecule has 0 unspecified atom stereocenters. The number of amides is 1. The van der Waals surface area contributed by atoms with Gasteiger partial charge in [-0.3, -0.25) is 0 Å². The standard InChI is InChI=1S/C12H15Cl2NO3/c1-6(2)10(16)11(18-12(15)17)8-4-3-7(13)5-9(8)14/h3-6,10-11,16H,1-2H3,(H2,15,17)/t10-,11-/m1/s1. The molecular formula is C12H15Cl2NO3. The third-order valence-electron chi connectivity index (χ3n) is 2.51. The molecule has 3 N–H and O–H groups in total. The molecule has 0 aliphatic carbocycles. The first-order valence-corrected chi connectivity index (χ1v) is 6.17. The molecule has 1 amide bonds. The number of carbonyl (C=O) groups excluding carboxylic acids is 1. The fourth-order valence-electron chi connectivity index (χ4n) is 1.52. The third kappa shape index (κ3) is 3.77. The molecule has 0 aliphatic rings. The van der Waals surface area contributed by atoms with Crippen LogP contribution in [0.25, 0.3) is 0 Å². The molecule has 2 atom stereocenters. The molecule has 1 aromatic rings. The third-order valence-corrected chi connectivity index (χ3v) is 3.07. The summed E-state index contributed by atoms with van der Waals surface area (Å²) in [4.78, 5) is 10.9. The topological polar surface area (TPSA) is 72.6 Å². The monoisotopic (exact) mass is 291 g/mol. The van der Waals surface area contributed by atoms with Crippen LogP contribution in [0.5, 0.6) is 0 Å². The van der Waals surface area contributed by atoms with Gasteiger partial charge in [0.05, 0.1) is 6.10 Å². The zero-order valence-electron chi connectivity index (χ0n) is 10.1. The minimum absolute atomic E-state index is 0.124. The second kappa shape index (κ2) is 6.27. The number of halogens is 2. The summed E-state index contributed by atoms with van der Waals surface area (Å²) < 4.78 is 4.94. The summed E-state index contributed by atoms with van der Waals surface area (Å²) in [7, 11) is 0. The molecule has 0 radical (unpaired) electrons. The van der Waals surface area contributed by atoms with E-state index in [9.17, 15) is 9.90 Å². The molecule has 1 rings (SSSR count). The van der Waals surface area contributed by atoms with Gasteiger partial charge in [-0.05, 0) is 18.1 Å². The van der Waals surface area contributed by atoms with Crippen molar-refractivity contribution in [2.24, 2.45) is 11.7 Å². The molecule has 0 heterocycles. The highest BCUT2D eigenvalue weighted by molar-refractivity contribution is 6.35. The van der Waals surface area contributed by atoms with Gasteiger partial charge in [0.2, 0.25) is 0 Å². The Morgan fingerprint density at radius 3 is 2.44 bits per heavy atom. The average molecular weight is 292 g/mol. The Balaban J connectivity index is 3.12. The van der Waals surface area contributed by atoms with Crippen molar-refractivity contribution in [3.8, 4) is 0 Å². The molecule has 0 saturated carbocycles. The van der Waals surface area contributed by atoms with E-state index < -0.39 is 18.3 Å². The number of primary amides is 1. The van der Waals surface area contributed by atoms with Crippen LogP contribution in [0.4, 0.5) is 4.79 Å². The Labute approximate surface area is 116 Å². The maximum Gasteiger partial charge on any atom is 0.405 e. The van der Waals surface area contributed by atoms with E-state index in [2.05, 4.69) is 0 Å². The summed E-state index contributed by atoms with van der Waals surface area (Å²) in [6.07, 6.45) is -2.78. The van der Waals surface area contributed by atoms with Crippen molar-refractivity contribution in [1.29, 1.82) is 0 Å². The van der Waals surface area contributed by atoms with Crippen molar-refractivity contribution in [2.75, 3.05) is 0 Å². The highest BCUT2D eigenvalue weighted by atomic mass is 35.5. The number of nitrogens with two attached hydrogens (primary N) is 1. The van der Waals surface area contributed by atoms with E-state index in [1.54, 1.807) is 26.0 Å². The molecule has 0 aromatic heterocycles. The Bertz CT molecular complexity index is 437. The van der Waals surface area contributed by atoms with Crippen LogP contribution in [-0.4, -0.2) is 17.3 Å². The maximum atomic E-state index is 10.9. The van der Waals surface area contributed by atoms with Crippen LogP contribution in [-0.2, 0) is 4.74 Å². The van der Waals surface area contributed by atoms with Crippen LogP contribution in [0.2, 0.25) is 10.0 Å². The summed E-state index contributed by atoms with van der Waals surface area (Å²) in [5, 5.41) is 10.8. The number of hydrogen-bond acceptors (Lipinski definition) is 3. The van der Waals surface area contributed by atoms with E-state index in [1.807, 2.05) is 0 Å². The molecule has 0 spiro atoms. The van der Waals surface area contributed by atoms with E-state index in [0.717, 1.165) is 0 Å². The lowest BCUT2D eigenvalue weighted by Gasteiger charge is -2.26.